The van der Waals surface area contributed by atoms with Crippen molar-refractivity contribution in [2.75, 3.05) is 7.11 Å². The molecule has 84 valence electrons. The molecular formula is C9H9FN4O2. The lowest BCUT2D eigenvalue weighted by Crippen LogP contribution is -2.03. The van der Waals surface area contributed by atoms with E-state index in [9.17, 15) is 4.39 Å². The number of hydrogen-bond donors (Lipinski definition) is 1. The minimum absolute atomic E-state index is 0.159. The zero-order valence-electron chi connectivity index (χ0n) is 8.46. The zero-order valence-corrected chi connectivity index (χ0v) is 8.46. The molecule has 0 fully saturated rings. The van der Waals surface area contributed by atoms with Gasteiger partial charge >= 0.3 is 0 Å². The fraction of sp³-hybridized carbons (Fsp3) is 0.222. The second kappa shape index (κ2) is 4.23. The van der Waals surface area contributed by atoms with Gasteiger partial charge in [-0.05, 0) is 17.3 Å². The molecule has 1 N–H and O–H groups in total. The molecule has 2 rings (SSSR count). The van der Waals surface area contributed by atoms with Crippen LogP contribution in [0.25, 0.3) is 5.69 Å². The van der Waals surface area contributed by atoms with Gasteiger partial charge in [0, 0.05) is 6.07 Å². The van der Waals surface area contributed by atoms with Gasteiger partial charge in [0.25, 0.3) is 0 Å². The van der Waals surface area contributed by atoms with Crippen molar-refractivity contribution in [1.29, 1.82) is 0 Å². The van der Waals surface area contributed by atoms with E-state index in [0.717, 1.165) is 4.80 Å². The Bertz CT molecular complexity index is 500. The van der Waals surface area contributed by atoms with Crippen LogP contribution in [0.3, 0.4) is 0 Å². The lowest BCUT2D eigenvalue weighted by atomic mass is 10.3. The molecule has 0 amide bonds. The van der Waals surface area contributed by atoms with E-state index in [0.29, 0.717) is 11.4 Å². The normalized spacial score (nSPS) is 10.4. The third-order valence-corrected chi connectivity index (χ3v) is 1.95. The number of rotatable bonds is 3. The van der Waals surface area contributed by atoms with Crippen molar-refractivity contribution in [3.05, 3.63) is 29.8 Å². The molecule has 1 aromatic heterocycles. The highest BCUT2D eigenvalue weighted by Crippen LogP contribution is 2.21. The minimum atomic E-state index is -0.432. The highest BCUT2D eigenvalue weighted by Gasteiger charge is 2.10. The molecule has 0 unspecified atom stereocenters. The van der Waals surface area contributed by atoms with Crippen molar-refractivity contribution in [3.63, 3.8) is 0 Å². The van der Waals surface area contributed by atoms with Crippen molar-refractivity contribution in [1.82, 2.24) is 20.2 Å². The second-order valence-corrected chi connectivity index (χ2v) is 2.97. The van der Waals surface area contributed by atoms with E-state index in [1.165, 1.54) is 25.3 Å². The first-order valence-electron chi connectivity index (χ1n) is 4.48. The van der Waals surface area contributed by atoms with Gasteiger partial charge in [-0.1, -0.05) is 0 Å². The van der Waals surface area contributed by atoms with Gasteiger partial charge in [-0.15, -0.1) is 15.0 Å². The fourth-order valence-corrected chi connectivity index (χ4v) is 1.23. The number of methoxy groups -OCH3 is 1. The monoisotopic (exact) mass is 224 g/mol. The van der Waals surface area contributed by atoms with E-state index in [1.807, 2.05) is 0 Å². The highest BCUT2D eigenvalue weighted by atomic mass is 19.1. The van der Waals surface area contributed by atoms with Gasteiger partial charge in [-0.25, -0.2) is 4.39 Å². The van der Waals surface area contributed by atoms with E-state index >= 15 is 0 Å². The van der Waals surface area contributed by atoms with E-state index in [1.54, 1.807) is 0 Å². The summed E-state index contributed by atoms with van der Waals surface area (Å²) in [4.78, 5) is 1.10. The lowest BCUT2D eigenvalue weighted by Gasteiger charge is -2.05. The van der Waals surface area contributed by atoms with Crippen LogP contribution in [0, 0.1) is 5.82 Å². The predicted octanol–water partition coefficient (Wildman–Crippen LogP) is 0.302. The van der Waals surface area contributed by atoms with Gasteiger partial charge in [0.2, 0.25) is 5.82 Å². The number of nitrogens with zero attached hydrogens (tertiary/aromatic N) is 4. The van der Waals surface area contributed by atoms with Gasteiger partial charge in [-0.2, -0.15) is 0 Å². The number of ether oxygens (including phenoxy) is 1. The summed E-state index contributed by atoms with van der Waals surface area (Å²) in [6.45, 7) is -0.322. The van der Waals surface area contributed by atoms with Crippen LogP contribution >= 0.6 is 0 Å². The van der Waals surface area contributed by atoms with E-state index < -0.39 is 5.82 Å². The van der Waals surface area contributed by atoms with Crippen LogP contribution in [0.1, 0.15) is 5.82 Å². The van der Waals surface area contributed by atoms with Crippen molar-refractivity contribution in [2.24, 2.45) is 0 Å². The van der Waals surface area contributed by atoms with E-state index in [2.05, 4.69) is 15.4 Å². The number of aliphatic hydroxyl groups excluding tert-OH is 1. The van der Waals surface area contributed by atoms with Gasteiger partial charge < -0.3 is 9.84 Å². The van der Waals surface area contributed by atoms with Gasteiger partial charge in [0.05, 0.1) is 7.11 Å². The van der Waals surface area contributed by atoms with Crippen molar-refractivity contribution in [3.8, 4) is 11.4 Å². The average Bonchev–Trinajstić information content (AvgIpc) is 2.77. The summed E-state index contributed by atoms with van der Waals surface area (Å²) in [6, 6.07) is 3.96. The summed E-state index contributed by atoms with van der Waals surface area (Å²) in [5.74, 6) is 0.147. The number of aromatic nitrogens is 4. The molecule has 0 aliphatic carbocycles. The van der Waals surface area contributed by atoms with Crippen molar-refractivity contribution < 1.29 is 14.2 Å². The molecule has 0 spiro atoms. The van der Waals surface area contributed by atoms with Crippen LogP contribution < -0.4 is 4.74 Å². The predicted molar refractivity (Wildman–Crippen MR) is 51.6 cm³/mol. The summed E-state index contributed by atoms with van der Waals surface area (Å²) < 4.78 is 18.1. The SMILES string of the molecule is COc1ccc(F)cc1-n1nnc(CO)n1. The molecule has 6 nitrogen and oxygen atoms in total. The molecule has 0 aliphatic heterocycles. The smallest absolute Gasteiger partial charge is 0.200 e. The topological polar surface area (TPSA) is 73.1 Å². The Morgan fingerprint density at radius 3 is 2.94 bits per heavy atom. The van der Waals surface area contributed by atoms with Gasteiger partial charge in [-0.3, -0.25) is 0 Å². The van der Waals surface area contributed by atoms with Crippen molar-refractivity contribution >= 4 is 0 Å². The van der Waals surface area contributed by atoms with Crippen LogP contribution in [-0.4, -0.2) is 32.4 Å². The van der Waals surface area contributed by atoms with Gasteiger partial charge in [0.15, 0.2) is 0 Å². The Kier molecular flexibility index (Phi) is 2.78. The molecular weight excluding hydrogens is 215 g/mol. The Hall–Kier alpha value is -2.02. The quantitative estimate of drug-likeness (QED) is 0.811. The van der Waals surface area contributed by atoms with Crippen molar-refractivity contribution in [2.45, 2.75) is 6.61 Å². The van der Waals surface area contributed by atoms with Gasteiger partial charge in [0.1, 0.15) is 23.9 Å². The summed E-state index contributed by atoms with van der Waals surface area (Å²) >= 11 is 0. The molecule has 0 atom stereocenters. The largest absolute Gasteiger partial charge is 0.494 e. The van der Waals surface area contributed by atoms with Crippen LogP contribution in [0.4, 0.5) is 4.39 Å². The standard InChI is InChI=1S/C9H9FN4O2/c1-16-8-3-2-6(10)4-7(8)14-12-9(5-15)11-13-14/h2-4,15H,5H2,1H3. The maximum absolute atomic E-state index is 13.1. The molecule has 0 bridgehead atoms. The minimum Gasteiger partial charge on any atom is -0.494 e. The molecule has 0 aliphatic rings. The number of aliphatic hydroxyl groups is 1. The number of hydrogen-bond acceptors (Lipinski definition) is 5. The van der Waals surface area contributed by atoms with Crippen LogP contribution in [0.15, 0.2) is 18.2 Å². The first-order chi connectivity index (χ1) is 7.74. The zero-order chi connectivity index (χ0) is 11.5. The molecule has 0 radical (unpaired) electrons. The molecule has 7 heteroatoms. The average molecular weight is 224 g/mol. The second-order valence-electron chi connectivity index (χ2n) is 2.97. The maximum Gasteiger partial charge on any atom is 0.200 e. The first kappa shape index (κ1) is 10.5. The highest BCUT2D eigenvalue weighted by molar-refractivity contribution is 5.45. The Morgan fingerprint density at radius 1 is 1.50 bits per heavy atom. The van der Waals surface area contributed by atoms with Crippen LogP contribution in [0.5, 0.6) is 5.75 Å². The number of tetrazole rings is 1. The Labute approximate surface area is 90.3 Å². The third-order valence-electron chi connectivity index (χ3n) is 1.95. The molecule has 16 heavy (non-hydrogen) atoms. The Morgan fingerprint density at radius 2 is 2.31 bits per heavy atom. The fourth-order valence-electron chi connectivity index (χ4n) is 1.23. The maximum atomic E-state index is 13.1. The summed E-state index contributed by atoms with van der Waals surface area (Å²) in [5.41, 5.74) is 0.328. The first-order valence-corrected chi connectivity index (χ1v) is 4.48. The lowest BCUT2D eigenvalue weighted by molar-refractivity contribution is 0.271. The Balaban J connectivity index is 2.49. The number of benzene rings is 1. The summed E-state index contributed by atoms with van der Waals surface area (Å²) in [5, 5.41) is 19.9. The molecule has 0 saturated heterocycles. The molecule has 2 aromatic rings. The van der Waals surface area contributed by atoms with E-state index in [-0.39, 0.29) is 12.4 Å². The molecule has 1 aromatic carbocycles. The summed E-state index contributed by atoms with van der Waals surface area (Å²) in [6.07, 6.45) is 0. The van der Waals surface area contributed by atoms with E-state index in [4.69, 9.17) is 9.84 Å². The van der Waals surface area contributed by atoms with Crippen LogP contribution in [0.2, 0.25) is 0 Å². The summed E-state index contributed by atoms with van der Waals surface area (Å²) in [7, 11) is 1.46. The number of halogens is 1. The molecule has 0 saturated carbocycles. The molecule has 1 heterocycles. The third kappa shape index (κ3) is 1.84. The van der Waals surface area contributed by atoms with Crippen LogP contribution in [-0.2, 0) is 6.61 Å².